The van der Waals surface area contributed by atoms with Crippen LogP contribution in [0.3, 0.4) is 0 Å². The van der Waals surface area contributed by atoms with Gasteiger partial charge in [0, 0.05) is 22.2 Å². The van der Waals surface area contributed by atoms with Crippen molar-refractivity contribution in [3.8, 4) is 17.0 Å². The molecule has 3 rings (SSSR count). The topological polar surface area (TPSA) is 47.0 Å². The third-order valence-corrected chi connectivity index (χ3v) is 4.12. The average Bonchev–Trinajstić information content (AvgIpc) is 2.62. The first-order chi connectivity index (χ1) is 11.3. The average molecular weight is 323 g/mol. The largest absolute Gasteiger partial charge is 0.496 e. The molecule has 0 amide bonds. The third kappa shape index (κ3) is 3.63. The lowest BCUT2D eigenvalue weighted by Crippen LogP contribution is -1.96. The molecule has 116 valence electrons. The van der Waals surface area contributed by atoms with Crippen LogP contribution in [-0.4, -0.2) is 23.3 Å². The quantitative estimate of drug-likeness (QED) is 0.694. The molecule has 0 aliphatic carbocycles. The highest BCUT2D eigenvalue weighted by Gasteiger charge is 2.07. The maximum atomic E-state index is 5.40. The van der Waals surface area contributed by atoms with Crippen LogP contribution < -0.4 is 10.1 Å². The zero-order valence-electron chi connectivity index (χ0n) is 13.0. The fraction of sp³-hybridized carbons (Fsp3) is 0.111. The van der Waals surface area contributed by atoms with E-state index in [4.69, 9.17) is 4.74 Å². The fourth-order valence-electron chi connectivity index (χ4n) is 2.28. The molecular formula is C18H17N3OS. The predicted octanol–water partition coefficient (Wildman–Crippen LogP) is 4.62. The second-order valence-corrected chi connectivity index (χ2v) is 5.73. The van der Waals surface area contributed by atoms with Gasteiger partial charge in [-0.15, -0.1) is 11.8 Å². The Kier molecular flexibility index (Phi) is 4.78. The summed E-state index contributed by atoms with van der Waals surface area (Å²) in [6.07, 6.45) is 3.62. The van der Waals surface area contributed by atoms with Crippen LogP contribution in [0.15, 0.2) is 65.8 Å². The molecule has 2 aromatic carbocycles. The van der Waals surface area contributed by atoms with E-state index in [1.165, 1.54) is 4.90 Å². The van der Waals surface area contributed by atoms with E-state index in [-0.39, 0.29) is 0 Å². The highest BCUT2D eigenvalue weighted by atomic mass is 32.2. The zero-order chi connectivity index (χ0) is 16.1. The number of thioether (sulfide) groups is 1. The molecule has 0 radical (unpaired) electrons. The number of para-hydroxylation sites is 1. The minimum Gasteiger partial charge on any atom is -0.496 e. The predicted molar refractivity (Wildman–Crippen MR) is 95.5 cm³/mol. The van der Waals surface area contributed by atoms with Crippen LogP contribution in [0.2, 0.25) is 0 Å². The van der Waals surface area contributed by atoms with Crippen LogP contribution in [0.1, 0.15) is 0 Å². The molecule has 0 saturated carbocycles. The lowest BCUT2D eigenvalue weighted by molar-refractivity contribution is 0.416. The minimum atomic E-state index is 0.749. The van der Waals surface area contributed by atoms with Crippen LogP contribution in [0.4, 0.5) is 11.5 Å². The van der Waals surface area contributed by atoms with Crippen molar-refractivity contribution < 1.29 is 4.74 Å². The van der Waals surface area contributed by atoms with Crippen molar-refractivity contribution in [1.82, 2.24) is 9.97 Å². The van der Waals surface area contributed by atoms with E-state index in [0.29, 0.717) is 0 Å². The van der Waals surface area contributed by atoms with E-state index >= 15 is 0 Å². The van der Waals surface area contributed by atoms with Gasteiger partial charge < -0.3 is 10.1 Å². The molecule has 0 spiro atoms. The Balaban J connectivity index is 1.90. The van der Waals surface area contributed by atoms with E-state index in [1.54, 1.807) is 25.2 Å². The molecule has 0 fully saturated rings. The maximum Gasteiger partial charge on any atom is 0.134 e. The third-order valence-electron chi connectivity index (χ3n) is 3.39. The van der Waals surface area contributed by atoms with Crippen molar-refractivity contribution in [2.75, 3.05) is 18.7 Å². The molecular weight excluding hydrogens is 306 g/mol. The molecule has 23 heavy (non-hydrogen) atoms. The molecule has 5 heteroatoms. The van der Waals surface area contributed by atoms with Gasteiger partial charge in [-0.25, -0.2) is 9.97 Å². The molecule has 1 heterocycles. The van der Waals surface area contributed by atoms with E-state index in [0.717, 1.165) is 28.5 Å². The summed E-state index contributed by atoms with van der Waals surface area (Å²) in [6, 6.07) is 18.0. The first-order valence-electron chi connectivity index (χ1n) is 7.16. The van der Waals surface area contributed by atoms with Crippen molar-refractivity contribution in [2.24, 2.45) is 0 Å². The molecule has 3 aromatic rings. The van der Waals surface area contributed by atoms with E-state index in [2.05, 4.69) is 33.7 Å². The SMILES string of the molecule is COc1ccccc1-c1cc(Nc2cccc(SC)c2)ncn1. The molecule has 1 aromatic heterocycles. The number of hydrogen-bond donors (Lipinski definition) is 1. The summed E-state index contributed by atoms with van der Waals surface area (Å²) in [5.74, 6) is 1.54. The smallest absolute Gasteiger partial charge is 0.134 e. The van der Waals surface area contributed by atoms with Gasteiger partial charge in [0.25, 0.3) is 0 Å². The van der Waals surface area contributed by atoms with Gasteiger partial charge in [0.15, 0.2) is 0 Å². The number of methoxy groups -OCH3 is 1. The monoisotopic (exact) mass is 323 g/mol. The first-order valence-corrected chi connectivity index (χ1v) is 8.39. The Morgan fingerprint density at radius 3 is 2.70 bits per heavy atom. The van der Waals surface area contributed by atoms with Gasteiger partial charge in [0.1, 0.15) is 17.9 Å². The number of benzene rings is 2. The van der Waals surface area contributed by atoms with Crippen molar-refractivity contribution in [3.63, 3.8) is 0 Å². The summed E-state index contributed by atoms with van der Waals surface area (Å²) in [5.41, 5.74) is 2.76. The van der Waals surface area contributed by atoms with Crippen molar-refractivity contribution in [1.29, 1.82) is 0 Å². The number of nitrogens with zero attached hydrogens (tertiary/aromatic N) is 2. The van der Waals surface area contributed by atoms with Crippen LogP contribution >= 0.6 is 11.8 Å². The molecule has 1 N–H and O–H groups in total. The zero-order valence-corrected chi connectivity index (χ0v) is 13.8. The Morgan fingerprint density at radius 2 is 1.87 bits per heavy atom. The van der Waals surface area contributed by atoms with Gasteiger partial charge in [0.05, 0.1) is 12.8 Å². The summed E-state index contributed by atoms with van der Waals surface area (Å²) >= 11 is 1.71. The fourth-order valence-corrected chi connectivity index (χ4v) is 2.74. The molecule has 0 bridgehead atoms. The molecule has 0 atom stereocenters. The lowest BCUT2D eigenvalue weighted by Gasteiger charge is -2.10. The Morgan fingerprint density at radius 1 is 1.00 bits per heavy atom. The van der Waals surface area contributed by atoms with Gasteiger partial charge in [0.2, 0.25) is 0 Å². The summed E-state index contributed by atoms with van der Waals surface area (Å²) in [6.45, 7) is 0. The van der Waals surface area contributed by atoms with Gasteiger partial charge >= 0.3 is 0 Å². The van der Waals surface area contributed by atoms with E-state index in [9.17, 15) is 0 Å². The van der Waals surface area contributed by atoms with Crippen molar-refractivity contribution in [3.05, 3.63) is 60.9 Å². The van der Waals surface area contributed by atoms with Gasteiger partial charge in [-0.2, -0.15) is 0 Å². The van der Waals surface area contributed by atoms with Crippen LogP contribution in [0.25, 0.3) is 11.3 Å². The Hall–Kier alpha value is -2.53. The van der Waals surface area contributed by atoms with E-state index < -0.39 is 0 Å². The molecule has 0 aliphatic rings. The lowest BCUT2D eigenvalue weighted by atomic mass is 10.1. The standard InChI is InChI=1S/C18H17N3OS/c1-22-17-9-4-3-8-15(17)16-11-18(20-12-19-16)21-13-6-5-7-14(10-13)23-2/h3-12H,1-2H3,(H,19,20,21). The number of ether oxygens (including phenoxy) is 1. The highest BCUT2D eigenvalue weighted by molar-refractivity contribution is 7.98. The molecule has 0 aliphatic heterocycles. The van der Waals surface area contributed by atoms with Gasteiger partial charge in [-0.1, -0.05) is 18.2 Å². The van der Waals surface area contributed by atoms with Crippen molar-refractivity contribution >= 4 is 23.3 Å². The Labute approximate surface area is 140 Å². The van der Waals surface area contributed by atoms with Crippen LogP contribution in [0, 0.1) is 0 Å². The number of hydrogen-bond acceptors (Lipinski definition) is 5. The summed E-state index contributed by atoms with van der Waals surface area (Å²) < 4.78 is 5.40. The second kappa shape index (κ2) is 7.15. The molecule has 0 saturated heterocycles. The summed E-state index contributed by atoms with van der Waals surface area (Å²) in [7, 11) is 1.66. The normalized spacial score (nSPS) is 10.3. The van der Waals surface area contributed by atoms with Gasteiger partial charge in [-0.05, 0) is 36.6 Å². The summed E-state index contributed by atoms with van der Waals surface area (Å²) in [4.78, 5) is 9.86. The van der Waals surface area contributed by atoms with Gasteiger partial charge in [-0.3, -0.25) is 0 Å². The number of nitrogens with one attached hydrogen (secondary N) is 1. The highest BCUT2D eigenvalue weighted by Crippen LogP contribution is 2.29. The van der Waals surface area contributed by atoms with E-state index in [1.807, 2.05) is 42.5 Å². The first kappa shape index (κ1) is 15.4. The molecule has 0 unspecified atom stereocenters. The minimum absolute atomic E-state index is 0.749. The Bertz CT molecular complexity index is 808. The molecule has 4 nitrogen and oxygen atoms in total. The van der Waals surface area contributed by atoms with Crippen molar-refractivity contribution in [2.45, 2.75) is 4.90 Å². The van der Waals surface area contributed by atoms with Crippen LogP contribution in [-0.2, 0) is 0 Å². The summed E-state index contributed by atoms with van der Waals surface area (Å²) in [5, 5.41) is 3.32. The maximum absolute atomic E-state index is 5.40. The number of rotatable bonds is 5. The second-order valence-electron chi connectivity index (χ2n) is 4.85. The number of aromatic nitrogens is 2. The number of anilines is 2. The van der Waals surface area contributed by atoms with Crippen LogP contribution in [0.5, 0.6) is 5.75 Å².